The standard InChI is InChI=1S/C31H33N3O6/c1-20-15-26(39-5)16-21(2)28(20)34-19-32-29(27(30(34)35)31(36)40-6)33(17-22-7-11-24(37-3)12-8-22)18-23-9-13-25(38-4)14-10-23/h7-16,19H,17-18H2,1-6H3. The molecule has 9 heteroatoms. The molecule has 3 aromatic carbocycles. The van der Waals surface area contributed by atoms with Gasteiger partial charge in [0.15, 0.2) is 11.4 Å². The summed E-state index contributed by atoms with van der Waals surface area (Å²) < 4.78 is 22.4. The number of aromatic nitrogens is 2. The maximum absolute atomic E-state index is 14.0. The second-order valence-electron chi connectivity index (χ2n) is 9.27. The van der Waals surface area contributed by atoms with Crippen LogP contribution in [0, 0.1) is 13.8 Å². The Kier molecular flexibility index (Phi) is 8.73. The highest BCUT2D eigenvalue weighted by Crippen LogP contribution is 2.27. The third-order valence-corrected chi connectivity index (χ3v) is 6.65. The molecular formula is C31H33N3O6. The van der Waals surface area contributed by atoms with Gasteiger partial charge in [-0.2, -0.15) is 0 Å². The van der Waals surface area contributed by atoms with Crippen molar-refractivity contribution < 1.29 is 23.7 Å². The summed E-state index contributed by atoms with van der Waals surface area (Å²) >= 11 is 0. The molecule has 0 N–H and O–H groups in total. The first-order valence-corrected chi connectivity index (χ1v) is 12.7. The molecule has 0 spiro atoms. The maximum Gasteiger partial charge on any atom is 0.347 e. The molecule has 208 valence electrons. The molecule has 0 saturated carbocycles. The summed E-state index contributed by atoms with van der Waals surface area (Å²) in [4.78, 5) is 33.6. The molecule has 0 bridgehead atoms. The van der Waals surface area contributed by atoms with Gasteiger partial charge in [0.05, 0.1) is 34.1 Å². The van der Waals surface area contributed by atoms with E-state index in [1.807, 2.05) is 79.4 Å². The molecule has 0 aliphatic rings. The average molecular weight is 544 g/mol. The molecule has 0 atom stereocenters. The van der Waals surface area contributed by atoms with E-state index >= 15 is 0 Å². The number of anilines is 1. The van der Waals surface area contributed by atoms with E-state index in [2.05, 4.69) is 4.98 Å². The fraction of sp³-hybridized carbons (Fsp3) is 0.258. The number of nitrogens with zero attached hydrogens (tertiary/aromatic N) is 3. The number of hydrogen-bond acceptors (Lipinski definition) is 8. The molecule has 9 nitrogen and oxygen atoms in total. The van der Waals surface area contributed by atoms with Gasteiger partial charge in [0, 0.05) is 13.1 Å². The van der Waals surface area contributed by atoms with E-state index in [1.54, 1.807) is 21.3 Å². The number of rotatable bonds is 10. The molecule has 0 saturated heterocycles. The van der Waals surface area contributed by atoms with E-state index in [-0.39, 0.29) is 11.4 Å². The van der Waals surface area contributed by atoms with Crippen LogP contribution in [0.4, 0.5) is 5.82 Å². The smallest absolute Gasteiger partial charge is 0.347 e. The zero-order chi connectivity index (χ0) is 28.8. The third kappa shape index (κ3) is 5.93. The van der Waals surface area contributed by atoms with Crippen LogP contribution < -0.4 is 24.7 Å². The first kappa shape index (κ1) is 28.2. The average Bonchev–Trinajstić information content (AvgIpc) is 2.97. The zero-order valence-electron chi connectivity index (χ0n) is 23.6. The van der Waals surface area contributed by atoms with Gasteiger partial charge in [0.25, 0.3) is 5.56 Å². The number of methoxy groups -OCH3 is 4. The van der Waals surface area contributed by atoms with E-state index in [1.165, 1.54) is 18.0 Å². The van der Waals surface area contributed by atoms with Crippen LogP contribution in [0.1, 0.15) is 32.6 Å². The van der Waals surface area contributed by atoms with Gasteiger partial charge < -0.3 is 23.8 Å². The number of aryl methyl sites for hydroxylation is 2. The highest BCUT2D eigenvalue weighted by atomic mass is 16.5. The lowest BCUT2D eigenvalue weighted by atomic mass is 10.1. The van der Waals surface area contributed by atoms with Gasteiger partial charge >= 0.3 is 5.97 Å². The number of carbonyl (C=O) groups is 1. The van der Waals surface area contributed by atoms with E-state index in [4.69, 9.17) is 18.9 Å². The van der Waals surface area contributed by atoms with Crippen LogP contribution in [0.15, 0.2) is 71.8 Å². The summed E-state index contributed by atoms with van der Waals surface area (Å²) in [6.45, 7) is 4.50. The Morgan fingerprint density at radius 2 is 1.25 bits per heavy atom. The molecule has 40 heavy (non-hydrogen) atoms. The quantitative estimate of drug-likeness (QED) is 0.262. The predicted molar refractivity (Wildman–Crippen MR) is 153 cm³/mol. The SMILES string of the molecule is COC(=O)c1c(N(Cc2ccc(OC)cc2)Cc2ccc(OC)cc2)ncn(-c2c(C)cc(OC)cc2C)c1=O. The number of ether oxygens (including phenoxy) is 4. The van der Waals surface area contributed by atoms with Crippen LogP contribution in [0.5, 0.6) is 17.2 Å². The molecule has 0 radical (unpaired) electrons. The van der Waals surface area contributed by atoms with Crippen molar-refractivity contribution in [3.8, 4) is 22.9 Å². The first-order chi connectivity index (χ1) is 19.3. The van der Waals surface area contributed by atoms with Crippen LogP contribution in [-0.4, -0.2) is 44.0 Å². The van der Waals surface area contributed by atoms with Gasteiger partial charge in [-0.1, -0.05) is 24.3 Å². The van der Waals surface area contributed by atoms with Crippen molar-refractivity contribution in [3.63, 3.8) is 0 Å². The molecule has 0 aliphatic carbocycles. The van der Waals surface area contributed by atoms with E-state index in [0.717, 1.165) is 33.8 Å². The van der Waals surface area contributed by atoms with Crippen molar-refractivity contribution in [2.24, 2.45) is 0 Å². The van der Waals surface area contributed by atoms with E-state index in [0.29, 0.717) is 24.5 Å². The number of benzene rings is 3. The molecule has 1 heterocycles. The molecule has 0 amide bonds. The van der Waals surface area contributed by atoms with Crippen LogP contribution in [-0.2, 0) is 17.8 Å². The van der Waals surface area contributed by atoms with Gasteiger partial charge in [-0.3, -0.25) is 9.36 Å². The summed E-state index contributed by atoms with van der Waals surface area (Å²) in [6.07, 6.45) is 1.46. The maximum atomic E-state index is 14.0. The molecule has 0 aliphatic heterocycles. The number of esters is 1. The second kappa shape index (κ2) is 12.4. The van der Waals surface area contributed by atoms with E-state index < -0.39 is 11.5 Å². The van der Waals surface area contributed by atoms with Gasteiger partial charge in [-0.15, -0.1) is 0 Å². The molecule has 1 aromatic heterocycles. The largest absolute Gasteiger partial charge is 0.497 e. The lowest BCUT2D eigenvalue weighted by molar-refractivity contribution is 0.0598. The number of hydrogen-bond donors (Lipinski definition) is 0. The Balaban J connectivity index is 1.86. The molecule has 0 fully saturated rings. The van der Waals surface area contributed by atoms with Crippen molar-refractivity contribution in [2.75, 3.05) is 33.3 Å². The lowest BCUT2D eigenvalue weighted by Gasteiger charge is -2.26. The Morgan fingerprint density at radius 1 is 0.775 bits per heavy atom. The monoisotopic (exact) mass is 543 g/mol. The Labute approximate surface area is 233 Å². The molecule has 4 aromatic rings. The van der Waals surface area contributed by atoms with Crippen molar-refractivity contribution in [1.82, 2.24) is 9.55 Å². The van der Waals surface area contributed by atoms with Crippen LogP contribution >= 0.6 is 0 Å². The van der Waals surface area contributed by atoms with Gasteiger partial charge in [-0.05, 0) is 72.5 Å². The van der Waals surface area contributed by atoms with E-state index in [9.17, 15) is 9.59 Å². The minimum atomic E-state index is -0.764. The summed E-state index contributed by atoms with van der Waals surface area (Å²) in [6, 6.07) is 18.9. The summed E-state index contributed by atoms with van der Waals surface area (Å²) in [5, 5.41) is 0. The van der Waals surface area contributed by atoms with Gasteiger partial charge in [0.2, 0.25) is 0 Å². The second-order valence-corrected chi connectivity index (χ2v) is 9.27. The highest BCUT2D eigenvalue weighted by molar-refractivity contribution is 5.94. The summed E-state index contributed by atoms with van der Waals surface area (Å²) in [5.41, 5.74) is 3.45. The fourth-order valence-corrected chi connectivity index (χ4v) is 4.65. The van der Waals surface area contributed by atoms with Crippen molar-refractivity contribution in [1.29, 1.82) is 0 Å². The fourth-order valence-electron chi connectivity index (χ4n) is 4.65. The van der Waals surface area contributed by atoms with Crippen molar-refractivity contribution in [2.45, 2.75) is 26.9 Å². The van der Waals surface area contributed by atoms with Crippen molar-refractivity contribution >= 4 is 11.8 Å². The number of carbonyl (C=O) groups excluding carboxylic acids is 1. The molecule has 0 unspecified atom stereocenters. The molecule has 4 rings (SSSR count). The Bertz CT molecular complexity index is 1470. The Morgan fingerprint density at radius 3 is 1.68 bits per heavy atom. The van der Waals surface area contributed by atoms with Gasteiger partial charge in [-0.25, -0.2) is 9.78 Å². The minimum Gasteiger partial charge on any atom is -0.497 e. The third-order valence-electron chi connectivity index (χ3n) is 6.65. The Hall–Kier alpha value is -4.79. The summed E-state index contributed by atoms with van der Waals surface area (Å²) in [5.74, 6) is 1.59. The minimum absolute atomic E-state index is 0.151. The van der Waals surface area contributed by atoms with Crippen LogP contribution in [0.25, 0.3) is 5.69 Å². The van der Waals surface area contributed by atoms with Crippen LogP contribution in [0.3, 0.4) is 0 Å². The van der Waals surface area contributed by atoms with Crippen molar-refractivity contribution in [3.05, 3.63) is 105 Å². The van der Waals surface area contributed by atoms with Gasteiger partial charge in [0.1, 0.15) is 23.6 Å². The predicted octanol–water partition coefficient (Wildman–Crippen LogP) is 4.87. The zero-order valence-corrected chi connectivity index (χ0v) is 23.6. The summed E-state index contributed by atoms with van der Waals surface area (Å²) in [7, 11) is 6.06. The molecular weight excluding hydrogens is 510 g/mol. The highest BCUT2D eigenvalue weighted by Gasteiger charge is 2.26. The van der Waals surface area contributed by atoms with Crippen LogP contribution in [0.2, 0.25) is 0 Å². The first-order valence-electron chi connectivity index (χ1n) is 12.7. The lowest BCUT2D eigenvalue weighted by Crippen LogP contribution is -2.33. The topological polar surface area (TPSA) is 92.1 Å². The normalized spacial score (nSPS) is 10.7.